The van der Waals surface area contributed by atoms with Crippen LogP contribution in [0.2, 0.25) is 5.02 Å². The van der Waals surface area contributed by atoms with E-state index in [9.17, 15) is 9.59 Å². The number of carbonyl (C=O) groups excluding carboxylic acids is 2. The van der Waals surface area contributed by atoms with Gasteiger partial charge >= 0.3 is 6.03 Å². The lowest BCUT2D eigenvalue weighted by molar-refractivity contribution is -0.139. The number of aromatic nitrogens is 3. The van der Waals surface area contributed by atoms with Gasteiger partial charge in [0.05, 0.1) is 18.1 Å². The number of pyridine rings is 1. The molecule has 2 aliphatic carbocycles. The number of hydrogen-bond donors (Lipinski definition) is 1. The van der Waals surface area contributed by atoms with Crippen LogP contribution in [0.3, 0.4) is 0 Å². The SMILES string of the molecule is O=C(C1CN([C@H]2c3ccc(Cl)cc3CCc3cc(Br)cnc32)CCN1C(=O)NC1CCCCC1)N(CCn1ccnc1)Cc1ccccc1. The molecular formula is C38H43BrClN7O2. The van der Waals surface area contributed by atoms with Crippen LogP contribution >= 0.6 is 27.5 Å². The molecule has 11 heteroatoms. The third-order valence-corrected chi connectivity index (χ3v) is 10.9. The predicted octanol–water partition coefficient (Wildman–Crippen LogP) is 6.64. The largest absolute Gasteiger partial charge is 0.336 e. The van der Waals surface area contributed by atoms with E-state index in [0.29, 0.717) is 44.3 Å². The Morgan fingerprint density at radius 1 is 1.00 bits per heavy atom. The van der Waals surface area contributed by atoms with Crippen molar-refractivity contribution in [1.82, 2.24) is 34.6 Å². The van der Waals surface area contributed by atoms with Crippen LogP contribution in [-0.2, 0) is 30.7 Å². The standard InChI is InChI=1S/C38H43BrClN7O2/c39-30-21-29-12-11-28-22-31(40)13-14-33(28)36(35(29)42-23-30)45-19-20-47(38(49)43-32-9-5-2-6-10-32)34(25-45)37(48)46(18-17-44-16-15-41-26-44)24-27-7-3-1-4-8-27/h1,3-4,7-8,13-16,21-23,26,32,34,36H,2,5-6,9-12,17-20,24-25H2,(H,43,49)/t34?,36-/m0/s1. The molecule has 2 aromatic carbocycles. The number of nitrogens with one attached hydrogen (secondary N) is 1. The maximum atomic E-state index is 15.0. The topological polar surface area (TPSA) is 86.6 Å². The quantitative estimate of drug-likeness (QED) is 0.219. The zero-order valence-electron chi connectivity index (χ0n) is 27.7. The molecule has 1 N–H and O–H groups in total. The number of amides is 3. The van der Waals surface area contributed by atoms with E-state index in [-0.39, 0.29) is 24.0 Å². The van der Waals surface area contributed by atoms with Gasteiger partial charge in [-0.25, -0.2) is 9.78 Å². The fraction of sp³-hybridized carbons (Fsp3) is 0.421. The highest BCUT2D eigenvalue weighted by Crippen LogP contribution is 2.39. The average Bonchev–Trinajstić information content (AvgIpc) is 3.59. The first-order valence-electron chi connectivity index (χ1n) is 17.4. The van der Waals surface area contributed by atoms with Crippen LogP contribution in [0, 0.1) is 0 Å². The first kappa shape index (κ1) is 33.8. The molecule has 9 nitrogen and oxygen atoms in total. The van der Waals surface area contributed by atoms with Crippen molar-refractivity contribution in [1.29, 1.82) is 0 Å². The maximum Gasteiger partial charge on any atom is 0.318 e. The number of benzene rings is 2. The van der Waals surface area contributed by atoms with Crippen LogP contribution in [-0.4, -0.2) is 79.4 Å². The van der Waals surface area contributed by atoms with Crippen molar-refractivity contribution in [3.63, 3.8) is 0 Å². The Labute approximate surface area is 301 Å². The number of hydrogen-bond acceptors (Lipinski definition) is 5. The van der Waals surface area contributed by atoms with Gasteiger partial charge in [0.2, 0.25) is 5.91 Å². The second-order valence-corrected chi connectivity index (χ2v) is 14.8. The van der Waals surface area contributed by atoms with E-state index in [1.807, 2.05) is 58.3 Å². The van der Waals surface area contributed by atoms with E-state index < -0.39 is 6.04 Å². The Balaban J connectivity index is 1.24. The Hall–Kier alpha value is -3.73. The van der Waals surface area contributed by atoms with Gasteiger partial charge in [0.25, 0.3) is 0 Å². The van der Waals surface area contributed by atoms with Crippen molar-refractivity contribution in [3.05, 3.63) is 117 Å². The summed E-state index contributed by atoms with van der Waals surface area (Å²) in [6, 6.07) is 17.5. The summed E-state index contributed by atoms with van der Waals surface area (Å²) in [5, 5.41) is 4.03. The van der Waals surface area contributed by atoms with Crippen LogP contribution in [0.25, 0.3) is 0 Å². The van der Waals surface area contributed by atoms with Crippen LogP contribution in [0.5, 0.6) is 0 Å². The number of fused-ring (bicyclic) bond motifs is 2. The molecule has 2 atom stereocenters. The van der Waals surface area contributed by atoms with E-state index in [2.05, 4.69) is 49.3 Å². The summed E-state index contributed by atoms with van der Waals surface area (Å²) in [4.78, 5) is 44.3. The van der Waals surface area contributed by atoms with Gasteiger partial charge in [0.1, 0.15) is 6.04 Å². The zero-order valence-corrected chi connectivity index (χ0v) is 30.0. The molecule has 3 aliphatic rings. The Morgan fingerprint density at radius 3 is 2.61 bits per heavy atom. The fourth-order valence-electron chi connectivity index (χ4n) is 7.72. The van der Waals surface area contributed by atoms with Crippen molar-refractivity contribution >= 4 is 39.5 Å². The van der Waals surface area contributed by atoms with Crippen molar-refractivity contribution in [2.75, 3.05) is 26.2 Å². The number of carbonyl (C=O) groups is 2. The van der Waals surface area contributed by atoms with E-state index in [1.54, 1.807) is 17.4 Å². The monoisotopic (exact) mass is 743 g/mol. The lowest BCUT2D eigenvalue weighted by atomic mass is 9.94. The van der Waals surface area contributed by atoms with Crippen LogP contribution < -0.4 is 5.32 Å². The molecule has 2 fully saturated rings. The Morgan fingerprint density at radius 2 is 1.82 bits per heavy atom. The van der Waals surface area contributed by atoms with Crippen LogP contribution in [0.15, 0.2) is 84.0 Å². The molecule has 3 amide bonds. The molecule has 4 aromatic rings. The summed E-state index contributed by atoms with van der Waals surface area (Å²) in [6.45, 7) is 2.97. The summed E-state index contributed by atoms with van der Waals surface area (Å²) < 4.78 is 2.93. The molecule has 49 heavy (non-hydrogen) atoms. The first-order chi connectivity index (χ1) is 23.9. The van der Waals surface area contributed by atoms with Gasteiger partial charge in [-0.1, -0.05) is 67.3 Å². The molecule has 1 aliphatic heterocycles. The molecule has 1 unspecified atom stereocenters. The molecule has 7 rings (SSSR count). The second kappa shape index (κ2) is 15.4. The minimum atomic E-state index is -0.679. The third kappa shape index (κ3) is 7.87. The smallest absolute Gasteiger partial charge is 0.318 e. The number of piperazine rings is 1. The number of rotatable bonds is 8. The molecule has 256 valence electrons. The van der Waals surface area contributed by atoms with Gasteiger partial charge in [0.15, 0.2) is 0 Å². The summed E-state index contributed by atoms with van der Waals surface area (Å²) in [5.41, 5.74) is 5.57. The number of halogens is 2. The van der Waals surface area contributed by atoms with Crippen LogP contribution in [0.1, 0.15) is 66.1 Å². The van der Waals surface area contributed by atoms with E-state index in [4.69, 9.17) is 16.6 Å². The molecule has 1 saturated heterocycles. The Bertz CT molecular complexity index is 1690. The van der Waals surface area contributed by atoms with Crippen molar-refractivity contribution in [2.24, 2.45) is 0 Å². The van der Waals surface area contributed by atoms with E-state index in [1.165, 1.54) is 17.5 Å². The summed E-state index contributed by atoms with van der Waals surface area (Å²) in [6.07, 6.45) is 14.4. The zero-order chi connectivity index (χ0) is 33.7. The lowest BCUT2D eigenvalue weighted by Gasteiger charge is -2.45. The normalized spacial score (nSPS) is 19.8. The van der Waals surface area contributed by atoms with Crippen LogP contribution in [0.4, 0.5) is 4.79 Å². The molecule has 0 radical (unpaired) electrons. The Kier molecular flexibility index (Phi) is 10.6. The predicted molar refractivity (Wildman–Crippen MR) is 194 cm³/mol. The highest BCUT2D eigenvalue weighted by Gasteiger charge is 2.42. The van der Waals surface area contributed by atoms with Crippen molar-refractivity contribution < 1.29 is 9.59 Å². The highest BCUT2D eigenvalue weighted by molar-refractivity contribution is 9.10. The number of imidazole rings is 1. The number of urea groups is 1. The van der Waals surface area contributed by atoms with Crippen molar-refractivity contribution in [3.8, 4) is 0 Å². The summed E-state index contributed by atoms with van der Waals surface area (Å²) >= 11 is 10.2. The third-order valence-electron chi connectivity index (χ3n) is 10.3. The summed E-state index contributed by atoms with van der Waals surface area (Å²) in [5.74, 6) is -0.0543. The first-order valence-corrected chi connectivity index (χ1v) is 18.6. The van der Waals surface area contributed by atoms with Gasteiger partial charge in [0, 0.05) is 73.4 Å². The molecule has 1 saturated carbocycles. The average molecular weight is 745 g/mol. The maximum absolute atomic E-state index is 15.0. The molecule has 3 heterocycles. The van der Waals surface area contributed by atoms with Gasteiger partial charge in [-0.2, -0.15) is 0 Å². The van der Waals surface area contributed by atoms with Gasteiger partial charge in [-0.15, -0.1) is 0 Å². The van der Waals surface area contributed by atoms with Gasteiger partial charge in [-0.05, 0) is 82.1 Å². The molecule has 0 spiro atoms. The number of aryl methyl sites for hydroxylation is 2. The second-order valence-electron chi connectivity index (χ2n) is 13.5. The van der Waals surface area contributed by atoms with E-state index in [0.717, 1.165) is 59.8 Å². The minimum Gasteiger partial charge on any atom is -0.336 e. The lowest BCUT2D eigenvalue weighted by Crippen LogP contribution is -2.64. The van der Waals surface area contributed by atoms with Gasteiger partial charge < -0.3 is 19.7 Å². The molecule has 2 aromatic heterocycles. The van der Waals surface area contributed by atoms with E-state index >= 15 is 0 Å². The number of nitrogens with zero attached hydrogens (tertiary/aromatic N) is 6. The van der Waals surface area contributed by atoms with Crippen molar-refractivity contribution in [2.45, 2.75) is 76.2 Å². The fourth-order valence-corrected chi connectivity index (χ4v) is 8.29. The molecular weight excluding hydrogens is 702 g/mol. The molecule has 0 bridgehead atoms. The highest BCUT2D eigenvalue weighted by atomic mass is 79.9. The summed E-state index contributed by atoms with van der Waals surface area (Å²) in [7, 11) is 0. The minimum absolute atomic E-state index is 0.0543. The van der Waals surface area contributed by atoms with Gasteiger partial charge in [-0.3, -0.25) is 14.7 Å².